The Hall–Kier alpha value is -2.22. The second-order valence-corrected chi connectivity index (χ2v) is 5.90. The topological polar surface area (TPSA) is 63.7 Å². The average Bonchev–Trinajstić information content (AvgIpc) is 2.78. The third-order valence-corrected chi connectivity index (χ3v) is 4.00. The van der Waals surface area contributed by atoms with Crippen LogP contribution in [0, 0.1) is 3.57 Å². The van der Waals surface area contributed by atoms with Gasteiger partial charge >= 0.3 is 5.97 Å². The molecule has 2 aromatic carbocycles. The van der Waals surface area contributed by atoms with Gasteiger partial charge in [-0.1, -0.05) is 12.1 Å². The largest absolute Gasteiger partial charge is 0.440 e. The van der Waals surface area contributed by atoms with Crippen LogP contribution in [0.3, 0.4) is 0 Å². The van der Waals surface area contributed by atoms with Crippen LogP contribution in [-0.4, -0.2) is 29.4 Å². The summed E-state index contributed by atoms with van der Waals surface area (Å²) in [6.07, 6.45) is 0. The molecule has 0 N–H and O–H groups in total. The minimum atomic E-state index is -0.576. The van der Waals surface area contributed by atoms with Gasteiger partial charge in [0.1, 0.15) is 0 Å². The van der Waals surface area contributed by atoms with Gasteiger partial charge in [-0.25, -0.2) is 9.69 Å². The molecule has 0 unspecified atom stereocenters. The van der Waals surface area contributed by atoms with Gasteiger partial charge in [-0.3, -0.25) is 9.59 Å². The van der Waals surface area contributed by atoms with Crippen molar-refractivity contribution in [2.45, 2.75) is 0 Å². The van der Waals surface area contributed by atoms with Crippen LogP contribution in [0.5, 0.6) is 0 Å². The normalized spacial score (nSPS) is 13.2. The van der Waals surface area contributed by atoms with Crippen LogP contribution in [0.15, 0.2) is 48.5 Å². The number of halogens is 1. The maximum absolute atomic E-state index is 12.1. The van der Waals surface area contributed by atoms with Crippen LogP contribution in [0.25, 0.3) is 0 Å². The number of carbonyl (C=O) groups excluding carboxylic acids is 3. The zero-order valence-electron chi connectivity index (χ0n) is 11.3. The fourth-order valence-corrected chi connectivity index (χ4v) is 2.51. The van der Waals surface area contributed by atoms with E-state index in [0.29, 0.717) is 16.7 Å². The van der Waals surface area contributed by atoms with Gasteiger partial charge in [-0.05, 0) is 59.0 Å². The molecule has 110 valence electrons. The number of hydrogen-bond acceptors (Lipinski definition) is 4. The Morgan fingerprint density at radius 2 is 1.50 bits per heavy atom. The van der Waals surface area contributed by atoms with Crippen molar-refractivity contribution in [1.82, 2.24) is 4.90 Å². The highest BCUT2D eigenvalue weighted by Crippen LogP contribution is 2.22. The smallest absolute Gasteiger partial charge is 0.339 e. The summed E-state index contributed by atoms with van der Waals surface area (Å²) >= 11 is 2.13. The summed E-state index contributed by atoms with van der Waals surface area (Å²) < 4.78 is 6.06. The Bertz CT molecular complexity index is 735. The third kappa shape index (κ3) is 2.61. The number of fused-ring (bicyclic) bond motifs is 1. The second-order valence-electron chi connectivity index (χ2n) is 4.65. The maximum Gasteiger partial charge on any atom is 0.339 e. The van der Waals surface area contributed by atoms with Gasteiger partial charge < -0.3 is 4.74 Å². The minimum Gasteiger partial charge on any atom is -0.440 e. The molecule has 0 spiro atoms. The Balaban J connectivity index is 1.70. The van der Waals surface area contributed by atoms with Crippen molar-refractivity contribution in [3.63, 3.8) is 0 Å². The third-order valence-electron chi connectivity index (χ3n) is 3.28. The van der Waals surface area contributed by atoms with Gasteiger partial charge in [-0.15, -0.1) is 0 Å². The quantitative estimate of drug-likeness (QED) is 0.446. The Morgan fingerprint density at radius 1 is 0.955 bits per heavy atom. The highest BCUT2D eigenvalue weighted by molar-refractivity contribution is 14.1. The van der Waals surface area contributed by atoms with Gasteiger partial charge in [0.25, 0.3) is 11.8 Å². The van der Waals surface area contributed by atoms with Gasteiger partial charge in [0.15, 0.2) is 6.73 Å². The number of benzene rings is 2. The van der Waals surface area contributed by atoms with Crippen molar-refractivity contribution in [3.05, 3.63) is 68.8 Å². The summed E-state index contributed by atoms with van der Waals surface area (Å²) in [5.74, 6) is -1.47. The first-order chi connectivity index (χ1) is 10.6. The van der Waals surface area contributed by atoms with E-state index in [4.69, 9.17) is 4.74 Å². The van der Waals surface area contributed by atoms with E-state index in [9.17, 15) is 14.4 Å². The lowest BCUT2D eigenvalue weighted by Gasteiger charge is -2.13. The summed E-state index contributed by atoms with van der Waals surface area (Å²) in [5.41, 5.74) is 1.03. The zero-order chi connectivity index (χ0) is 15.7. The molecule has 2 aromatic rings. The standard InChI is InChI=1S/C16H10INO4/c17-11-7-5-10(6-8-11)16(21)22-9-18-14(19)12-3-1-2-4-13(12)15(18)20/h1-8H,9H2. The van der Waals surface area contributed by atoms with Crippen molar-refractivity contribution in [3.8, 4) is 0 Å². The Morgan fingerprint density at radius 3 is 2.05 bits per heavy atom. The van der Waals surface area contributed by atoms with Gasteiger partial charge in [0.2, 0.25) is 0 Å². The van der Waals surface area contributed by atoms with Crippen molar-refractivity contribution < 1.29 is 19.1 Å². The van der Waals surface area contributed by atoms with Crippen molar-refractivity contribution in [1.29, 1.82) is 0 Å². The molecule has 2 amide bonds. The lowest BCUT2D eigenvalue weighted by molar-refractivity contribution is 0.0228. The van der Waals surface area contributed by atoms with E-state index in [2.05, 4.69) is 22.6 Å². The number of esters is 1. The first-order valence-electron chi connectivity index (χ1n) is 6.46. The summed E-state index contributed by atoms with van der Waals surface area (Å²) in [6.45, 7) is -0.392. The second kappa shape index (κ2) is 5.88. The SMILES string of the molecule is O=C(OCN1C(=O)c2ccccc2C1=O)c1ccc(I)cc1. The molecule has 0 bridgehead atoms. The number of amides is 2. The number of rotatable bonds is 3. The van der Waals surface area contributed by atoms with E-state index < -0.39 is 24.5 Å². The number of imide groups is 1. The lowest BCUT2D eigenvalue weighted by atomic mass is 10.1. The predicted octanol–water partition coefficient (Wildman–Crippen LogP) is 2.70. The first-order valence-corrected chi connectivity index (χ1v) is 7.54. The van der Waals surface area contributed by atoms with E-state index in [0.717, 1.165) is 8.47 Å². The van der Waals surface area contributed by atoms with Crippen LogP contribution in [0.1, 0.15) is 31.1 Å². The molecule has 22 heavy (non-hydrogen) atoms. The lowest BCUT2D eigenvalue weighted by Crippen LogP contribution is -2.33. The summed E-state index contributed by atoms with van der Waals surface area (Å²) in [4.78, 5) is 37.1. The van der Waals surface area contributed by atoms with E-state index >= 15 is 0 Å². The van der Waals surface area contributed by atoms with Crippen LogP contribution in [0.2, 0.25) is 0 Å². The molecule has 5 nitrogen and oxygen atoms in total. The number of hydrogen-bond donors (Lipinski definition) is 0. The van der Waals surface area contributed by atoms with Crippen molar-refractivity contribution in [2.75, 3.05) is 6.73 Å². The Labute approximate surface area is 140 Å². The van der Waals surface area contributed by atoms with Crippen LogP contribution >= 0.6 is 22.6 Å². The Kier molecular flexibility index (Phi) is 3.93. The fraction of sp³-hybridized carbons (Fsp3) is 0.0625. The highest BCUT2D eigenvalue weighted by atomic mass is 127. The van der Waals surface area contributed by atoms with Crippen LogP contribution in [0.4, 0.5) is 0 Å². The molecule has 0 saturated heterocycles. The molecule has 1 aliphatic rings. The first kappa shape index (κ1) is 14.7. The average molecular weight is 407 g/mol. The molecule has 0 atom stereocenters. The molecule has 0 aromatic heterocycles. The molecular formula is C16H10INO4. The molecule has 1 heterocycles. The minimum absolute atomic E-state index is 0.331. The monoisotopic (exact) mass is 407 g/mol. The van der Waals surface area contributed by atoms with Crippen molar-refractivity contribution >= 4 is 40.4 Å². The summed E-state index contributed by atoms with van der Waals surface area (Å²) in [5, 5.41) is 0. The molecule has 0 radical (unpaired) electrons. The maximum atomic E-state index is 12.1. The fourth-order valence-electron chi connectivity index (χ4n) is 2.15. The number of carbonyl (C=O) groups is 3. The molecular weight excluding hydrogens is 397 g/mol. The molecule has 6 heteroatoms. The summed E-state index contributed by atoms with van der Waals surface area (Å²) in [7, 11) is 0. The van der Waals surface area contributed by atoms with E-state index in [1.54, 1.807) is 48.5 Å². The summed E-state index contributed by atoms with van der Waals surface area (Å²) in [6, 6.07) is 13.3. The molecule has 3 rings (SSSR count). The van der Waals surface area contributed by atoms with Crippen LogP contribution in [-0.2, 0) is 4.74 Å². The van der Waals surface area contributed by atoms with E-state index in [-0.39, 0.29) is 0 Å². The van der Waals surface area contributed by atoms with E-state index in [1.807, 2.05) is 0 Å². The molecule has 1 aliphatic heterocycles. The van der Waals surface area contributed by atoms with Gasteiger partial charge in [0.05, 0.1) is 16.7 Å². The van der Waals surface area contributed by atoms with Crippen molar-refractivity contribution in [2.24, 2.45) is 0 Å². The highest BCUT2D eigenvalue weighted by Gasteiger charge is 2.35. The molecule has 0 aliphatic carbocycles. The molecule has 0 saturated carbocycles. The number of ether oxygens (including phenoxy) is 1. The van der Waals surface area contributed by atoms with Gasteiger partial charge in [-0.2, -0.15) is 0 Å². The van der Waals surface area contributed by atoms with Gasteiger partial charge in [0, 0.05) is 3.57 Å². The molecule has 0 fully saturated rings. The van der Waals surface area contributed by atoms with Crippen LogP contribution < -0.4 is 0 Å². The zero-order valence-corrected chi connectivity index (χ0v) is 13.4. The number of nitrogens with zero attached hydrogens (tertiary/aromatic N) is 1. The van der Waals surface area contributed by atoms with E-state index in [1.165, 1.54) is 0 Å². The predicted molar refractivity (Wildman–Crippen MR) is 86.4 cm³/mol.